The van der Waals surface area contributed by atoms with Crippen molar-refractivity contribution in [1.82, 2.24) is 0 Å². The van der Waals surface area contributed by atoms with Crippen molar-refractivity contribution in [1.29, 1.82) is 0 Å². The van der Waals surface area contributed by atoms with Gasteiger partial charge in [0, 0.05) is 6.61 Å². The summed E-state index contributed by atoms with van der Waals surface area (Å²) in [6.07, 6.45) is 3.96. The smallest absolute Gasteiger partial charge is 0.0947 e. The largest absolute Gasteiger partial charge is 0.379 e. The molecule has 0 bridgehead atoms. The Hall–Kier alpha value is -0.0500. The van der Waals surface area contributed by atoms with Crippen LogP contribution in [0.25, 0.3) is 0 Å². The summed E-state index contributed by atoms with van der Waals surface area (Å²) in [5.74, 6) is 0.472. The van der Waals surface area contributed by atoms with Gasteiger partial charge >= 0.3 is 0 Å². The number of hydrogen-bond acceptors (Lipinski definition) is 2. The topological polar surface area (TPSA) is 18.5 Å². The number of rotatable bonds is 9. The molecule has 0 aliphatic heterocycles. The Labute approximate surface area is 85.9 Å². The molecule has 0 aliphatic carbocycles. The molecule has 0 spiro atoms. The van der Waals surface area contributed by atoms with Crippen molar-refractivity contribution in [2.24, 2.45) is 0 Å². The summed E-state index contributed by atoms with van der Waals surface area (Å²) in [6.45, 7) is 7.61. The van der Waals surface area contributed by atoms with Gasteiger partial charge in [-0.25, -0.2) is 0 Å². The summed E-state index contributed by atoms with van der Waals surface area (Å²) in [5.41, 5.74) is 0. The first-order chi connectivity index (χ1) is 6.35. The third-order valence-corrected chi connectivity index (χ3v) is 1.91. The lowest BCUT2D eigenvalue weighted by molar-refractivity contribution is 0.00571. The van der Waals surface area contributed by atoms with Crippen LogP contribution >= 0.6 is 11.6 Å². The minimum Gasteiger partial charge on any atom is -0.379 e. The van der Waals surface area contributed by atoms with Gasteiger partial charge in [0.25, 0.3) is 0 Å². The molecule has 78 valence electrons. The fourth-order valence-corrected chi connectivity index (χ4v) is 0.981. The number of halogens is 1. The highest BCUT2D eigenvalue weighted by Gasteiger charge is 2.05. The van der Waals surface area contributed by atoms with Crippen LogP contribution in [0.2, 0.25) is 0 Å². The van der Waals surface area contributed by atoms with E-state index in [0.29, 0.717) is 19.1 Å². The Bertz CT molecular complexity index is 117. The van der Waals surface area contributed by atoms with Gasteiger partial charge in [-0.1, -0.05) is 19.4 Å². The zero-order valence-corrected chi connectivity index (χ0v) is 9.05. The lowest BCUT2D eigenvalue weighted by Crippen LogP contribution is -2.22. The molecule has 1 atom stereocenters. The summed E-state index contributed by atoms with van der Waals surface area (Å²) in [6, 6.07) is 0. The molecule has 2 nitrogen and oxygen atoms in total. The maximum Gasteiger partial charge on any atom is 0.0947 e. The monoisotopic (exact) mass is 206 g/mol. The van der Waals surface area contributed by atoms with E-state index in [1.165, 1.54) is 0 Å². The summed E-state index contributed by atoms with van der Waals surface area (Å²) in [5, 5.41) is 0. The maximum atomic E-state index is 5.68. The molecule has 1 unspecified atom stereocenters. The van der Waals surface area contributed by atoms with Crippen LogP contribution in [-0.2, 0) is 9.47 Å². The van der Waals surface area contributed by atoms with E-state index in [1.54, 1.807) is 6.08 Å². The maximum absolute atomic E-state index is 5.68. The van der Waals surface area contributed by atoms with Crippen LogP contribution in [0.5, 0.6) is 0 Å². The number of unbranched alkanes of at least 4 members (excludes halogenated alkanes) is 1. The van der Waals surface area contributed by atoms with Crippen molar-refractivity contribution in [2.75, 3.05) is 25.7 Å². The zero-order chi connectivity index (χ0) is 9.94. The van der Waals surface area contributed by atoms with E-state index in [9.17, 15) is 0 Å². The van der Waals surface area contributed by atoms with Gasteiger partial charge in [-0.15, -0.1) is 18.2 Å². The molecule has 0 aliphatic rings. The average Bonchev–Trinajstić information content (AvgIpc) is 2.17. The van der Waals surface area contributed by atoms with E-state index in [1.807, 2.05) is 0 Å². The molecular weight excluding hydrogens is 188 g/mol. The molecule has 0 fully saturated rings. The van der Waals surface area contributed by atoms with E-state index in [-0.39, 0.29) is 6.10 Å². The molecule has 0 aromatic heterocycles. The first-order valence-electron chi connectivity index (χ1n) is 4.71. The van der Waals surface area contributed by atoms with E-state index < -0.39 is 0 Å². The zero-order valence-electron chi connectivity index (χ0n) is 8.30. The molecule has 0 saturated carbocycles. The van der Waals surface area contributed by atoms with Gasteiger partial charge in [0.05, 0.1) is 25.2 Å². The molecule has 13 heavy (non-hydrogen) atoms. The van der Waals surface area contributed by atoms with Gasteiger partial charge < -0.3 is 9.47 Å². The van der Waals surface area contributed by atoms with Crippen molar-refractivity contribution in [3.63, 3.8) is 0 Å². The molecule has 0 N–H and O–H groups in total. The predicted octanol–water partition coefficient (Wildman–Crippen LogP) is 2.61. The molecule has 0 saturated heterocycles. The van der Waals surface area contributed by atoms with Crippen LogP contribution in [0.15, 0.2) is 12.7 Å². The number of alkyl halides is 1. The second-order valence-corrected chi connectivity index (χ2v) is 3.14. The Morgan fingerprint density at radius 1 is 1.54 bits per heavy atom. The van der Waals surface area contributed by atoms with E-state index in [0.717, 1.165) is 19.4 Å². The molecule has 0 amide bonds. The first kappa shape index (κ1) is 12.9. The Balaban J connectivity index is 3.30. The fraction of sp³-hybridized carbons (Fsp3) is 0.800. The van der Waals surface area contributed by atoms with Crippen LogP contribution in [0.3, 0.4) is 0 Å². The number of ether oxygens (including phenoxy) is 2. The highest BCUT2D eigenvalue weighted by atomic mass is 35.5. The Kier molecular flexibility index (Phi) is 10.00. The molecule has 3 heteroatoms. The highest BCUT2D eigenvalue weighted by molar-refractivity contribution is 6.18. The van der Waals surface area contributed by atoms with Gasteiger partial charge in [-0.2, -0.15) is 0 Å². The predicted molar refractivity (Wildman–Crippen MR) is 56.4 cm³/mol. The van der Waals surface area contributed by atoms with E-state index in [2.05, 4.69) is 13.5 Å². The van der Waals surface area contributed by atoms with Crippen LogP contribution in [0, 0.1) is 0 Å². The van der Waals surface area contributed by atoms with Crippen LogP contribution < -0.4 is 0 Å². The van der Waals surface area contributed by atoms with Gasteiger partial charge in [-0.3, -0.25) is 0 Å². The first-order valence-corrected chi connectivity index (χ1v) is 5.24. The molecule has 0 aromatic rings. The van der Waals surface area contributed by atoms with Crippen molar-refractivity contribution in [2.45, 2.75) is 25.9 Å². The van der Waals surface area contributed by atoms with Crippen LogP contribution in [-0.4, -0.2) is 31.8 Å². The molecule has 0 heterocycles. The third-order valence-electron chi connectivity index (χ3n) is 1.57. The molecule has 0 rings (SSSR count). The van der Waals surface area contributed by atoms with E-state index in [4.69, 9.17) is 21.1 Å². The minimum absolute atomic E-state index is 0.00322. The normalized spacial score (nSPS) is 12.8. The quantitative estimate of drug-likeness (QED) is 0.328. The lowest BCUT2D eigenvalue weighted by atomic mass is 10.3. The Morgan fingerprint density at radius 2 is 2.31 bits per heavy atom. The molecular formula is C10H19ClO2. The number of hydrogen-bond donors (Lipinski definition) is 0. The van der Waals surface area contributed by atoms with Crippen LogP contribution in [0.4, 0.5) is 0 Å². The fourth-order valence-electron chi connectivity index (χ4n) is 0.803. The summed E-state index contributed by atoms with van der Waals surface area (Å²) >= 11 is 5.68. The van der Waals surface area contributed by atoms with Gasteiger partial charge in [0.1, 0.15) is 0 Å². The molecule has 0 radical (unpaired) electrons. The van der Waals surface area contributed by atoms with Gasteiger partial charge in [-0.05, 0) is 6.42 Å². The minimum atomic E-state index is -0.00322. The van der Waals surface area contributed by atoms with Crippen molar-refractivity contribution in [3.05, 3.63) is 12.7 Å². The third kappa shape index (κ3) is 8.28. The lowest BCUT2D eigenvalue weighted by Gasteiger charge is -2.13. The summed E-state index contributed by atoms with van der Waals surface area (Å²) in [4.78, 5) is 0. The second kappa shape index (κ2) is 10.0. The van der Waals surface area contributed by atoms with Gasteiger partial charge in [0.15, 0.2) is 0 Å². The van der Waals surface area contributed by atoms with Gasteiger partial charge in [0.2, 0.25) is 0 Å². The average molecular weight is 207 g/mol. The van der Waals surface area contributed by atoms with Crippen molar-refractivity contribution < 1.29 is 9.47 Å². The second-order valence-electron chi connectivity index (χ2n) is 2.83. The van der Waals surface area contributed by atoms with Crippen molar-refractivity contribution >= 4 is 11.6 Å². The van der Waals surface area contributed by atoms with Crippen LogP contribution in [0.1, 0.15) is 19.8 Å². The summed E-state index contributed by atoms with van der Waals surface area (Å²) < 4.78 is 10.7. The highest BCUT2D eigenvalue weighted by Crippen LogP contribution is 1.98. The standard InChI is InChI=1S/C10H19ClO2/c1-3-5-7-12-9-10(8-11)13-6-4-2/h4,10H,2-3,5-9H2,1H3. The Morgan fingerprint density at radius 3 is 2.85 bits per heavy atom. The van der Waals surface area contributed by atoms with Crippen molar-refractivity contribution in [3.8, 4) is 0 Å². The van der Waals surface area contributed by atoms with E-state index >= 15 is 0 Å². The molecule has 0 aromatic carbocycles. The SMILES string of the molecule is C=CCOC(CCl)COCCCC. The summed E-state index contributed by atoms with van der Waals surface area (Å²) in [7, 11) is 0.